The molecule has 0 radical (unpaired) electrons. The first kappa shape index (κ1) is 14.4. The van der Waals surface area contributed by atoms with Gasteiger partial charge >= 0.3 is 0 Å². The molecular weight excluding hydrogens is 232 g/mol. The number of hydrogen-bond donors (Lipinski definition) is 2. The van der Waals surface area contributed by atoms with E-state index >= 15 is 0 Å². The lowest BCUT2D eigenvalue weighted by Gasteiger charge is -2.22. The number of carbonyl (C=O) groups is 1. The summed E-state index contributed by atoms with van der Waals surface area (Å²) in [5, 5.41) is 12.2. The van der Waals surface area contributed by atoms with Gasteiger partial charge in [0.15, 0.2) is 0 Å². The predicted octanol–water partition coefficient (Wildman–Crippen LogP) is 1.58. The molecule has 0 aliphatic heterocycles. The molecule has 1 rings (SSSR count). The zero-order valence-corrected chi connectivity index (χ0v) is 11.0. The molecule has 5 heteroatoms. The predicted molar refractivity (Wildman–Crippen MR) is 68.5 cm³/mol. The van der Waals surface area contributed by atoms with Crippen molar-refractivity contribution in [2.75, 3.05) is 13.2 Å². The minimum atomic E-state index is -0.253. The van der Waals surface area contributed by atoms with Crippen LogP contribution in [0.2, 0.25) is 0 Å². The second-order valence-corrected chi connectivity index (χ2v) is 4.42. The van der Waals surface area contributed by atoms with E-state index in [9.17, 15) is 9.90 Å². The smallest absolute Gasteiger partial charge is 0.253 e. The maximum Gasteiger partial charge on any atom is 0.253 e. The van der Waals surface area contributed by atoms with Gasteiger partial charge in [-0.15, -0.1) is 0 Å². The number of rotatable bonds is 6. The van der Waals surface area contributed by atoms with E-state index in [0.717, 1.165) is 0 Å². The summed E-state index contributed by atoms with van der Waals surface area (Å²) < 4.78 is 5.34. The van der Waals surface area contributed by atoms with Crippen molar-refractivity contribution in [3.05, 3.63) is 24.0 Å². The van der Waals surface area contributed by atoms with Gasteiger partial charge in [0.25, 0.3) is 5.91 Å². The molecule has 0 aromatic carbocycles. The van der Waals surface area contributed by atoms with Crippen molar-refractivity contribution < 1.29 is 14.6 Å². The fourth-order valence-corrected chi connectivity index (χ4v) is 1.45. The highest BCUT2D eigenvalue weighted by atomic mass is 16.5. The Hall–Kier alpha value is -1.62. The van der Waals surface area contributed by atoms with Crippen LogP contribution in [0.3, 0.4) is 0 Å². The van der Waals surface area contributed by atoms with Crippen LogP contribution in [0, 0.1) is 5.92 Å². The topological polar surface area (TPSA) is 71.5 Å². The quantitative estimate of drug-likeness (QED) is 0.806. The Balaban J connectivity index is 2.66. The van der Waals surface area contributed by atoms with Crippen LogP contribution in [-0.2, 0) is 4.74 Å². The molecule has 18 heavy (non-hydrogen) atoms. The van der Waals surface area contributed by atoms with Crippen molar-refractivity contribution in [2.24, 2.45) is 5.92 Å². The van der Waals surface area contributed by atoms with E-state index in [-0.39, 0.29) is 23.6 Å². The normalized spacial score (nSPS) is 12.4. The molecule has 0 fully saturated rings. The Morgan fingerprint density at radius 3 is 2.78 bits per heavy atom. The molecule has 1 atom stereocenters. The van der Waals surface area contributed by atoms with Gasteiger partial charge in [0, 0.05) is 12.8 Å². The number of aromatic nitrogens is 1. The third-order valence-electron chi connectivity index (χ3n) is 2.61. The molecule has 1 amide bonds. The molecule has 0 saturated carbocycles. The Morgan fingerprint density at radius 1 is 1.50 bits per heavy atom. The first-order chi connectivity index (χ1) is 8.54. The lowest BCUT2D eigenvalue weighted by Crippen LogP contribution is -2.41. The monoisotopic (exact) mass is 252 g/mol. The van der Waals surface area contributed by atoms with E-state index in [1.165, 1.54) is 18.5 Å². The van der Waals surface area contributed by atoms with E-state index in [4.69, 9.17) is 4.74 Å². The number of amides is 1. The van der Waals surface area contributed by atoms with Crippen molar-refractivity contribution in [3.8, 4) is 5.75 Å². The Kier molecular flexibility index (Phi) is 5.58. The summed E-state index contributed by atoms with van der Waals surface area (Å²) in [6, 6.07) is 1.33. The highest BCUT2D eigenvalue weighted by Gasteiger charge is 2.17. The highest BCUT2D eigenvalue weighted by molar-refractivity contribution is 5.94. The summed E-state index contributed by atoms with van der Waals surface area (Å²) in [6.07, 6.45) is 2.71. The van der Waals surface area contributed by atoms with Crippen molar-refractivity contribution in [1.29, 1.82) is 0 Å². The fraction of sp³-hybridized carbons (Fsp3) is 0.538. The van der Waals surface area contributed by atoms with Crippen LogP contribution in [0.1, 0.15) is 31.1 Å². The molecule has 100 valence electrons. The molecule has 1 aromatic heterocycles. The third-order valence-corrected chi connectivity index (χ3v) is 2.61. The van der Waals surface area contributed by atoms with Gasteiger partial charge in [0.2, 0.25) is 0 Å². The van der Waals surface area contributed by atoms with Crippen molar-refractivity contribution in [2.45, 2.75) is 26.8 Å². The lowest BCUT2D eigenvalue weighted by atomic mass is 10.0. The standard InChI is InChI=1S/C13H20N2O3/c1-4-18-8-12(9(2)3)15-13(17)10-5-11(16)7-14-6-10/h5-7,9,12,16H,4,8H2,1-3H3,(H,15,17). The average molecular weight is 252 g/mol. The number of nitrogens with zero attached hydrogens (tertiary/aromatic N) is 1. The van der Waals surface area contributed by atoms with Crippen LogP contribution in [0.25, 0.3) is 0 Å². The molecule has 0 bridgehead atoms. The van der Waals surface area contributed by atoms with Gasteiger partial charge in [-0.2, -0.15) is 0 Å². The summed E-state index contributed by atoms with van der Waals surface area (Å²) in [5.74, 6) is -0.00359. The Bertz CT molecular complexity index is 394. The summed E-state index contributed by atoms with van der Waals surface area (Å²) in [4.78, 5) is 15.7. The van der Waals surface area contributed by atoms with Crippen molar-refractivity contribution >= 4 is 5.91 Å². The van der Waals surface area contributed by atoms with E-state index < -0.39 is 0 Å². The number of hydrogen-bond acceptors (Lipinski definition) is 4. The largest absolute Gasteiger partial charge is 0.506 e. The number of ether oxygens (including phenoxy) is 1. The molecule has 0 spiro atoms. The summed E-state index contributed by atoms with van der Waals surface area (Å²) >= 11 is 0. The van der Waals surface area contributed by atoms with Crippen molar-refractivity contribution in [1.82, 2.24) is 10.3 Å². The molecular formula is C13H20N2O3. The summed E-state index contributed by atoms with van der Waals surface area (Å²) in [6.45, 7) is 7.05. The Labute approximate surface area is 107 Å². The van der Waals surface area contributed by atoms with Crippen LogP contribution in [0.15, 0.2) is 18.5 Å². The Morgan fingerprint density at radius 2 is 2.22 bits per heavy atom. The maximum absolute atomic E-state index is 12.0. The van der Waals surface area contributed by atoms with Crippen LogP contribution in [0.5, 0.6) is 5.75 Å². The number of carbonyl (C=O) groups excluding carboxylic acids is 1. The van der Waals surface area contributed by atoms with Gasteiger partial charge in [-0.05, 0) is 18.9 Å². The van der Waals surface area contributed by atoms with Gasteiger partial charge in [0.1, 0.15) is 5.75 Å². The molecule has 1 unspecified atom stereocenters. The fourth-order valence-electron chi connectivity index (χ4n) is 1.45. The minimum Gasteiger partial charge on any atom is -0.506 e. The molecule has 1 aromatic rings. The zero-order chi connectivity index (χ0) is 13.5. The average Bonchev–Trinajstić information content (AvgIpc) is 2.33. The van der Waals surface area contributed by atoms with Gasteiger partial charge in [-0.25, -0.2) is 0 Å². The SMILES string of the molecule is CCOCC(NC(=O)c1cncc(O)c1)C(C)C. The summed E-state index contributed by atoms with van der Waals surface area (Å²) in [7, 11) is 0. The second kappa shape index (κ2) is 6.96. The van der Waals surface area contributed by atoms with Gasteiger partial charge in [-0.3, -0.25) is 9.78 Å². The van der Waals surface area contributed by atoms with Gasteiger partial charge in [0.05, 0.1) is 24.4 Å². The highest BCUT2D eigenvalue weighted by Crippen LogP contribution is 2.10. The molecule has 0 aliphatic rings. The van der Waals surface area contributed by atoms with E-state index in [1.54, 1.807) is 0 Å². The first-order valence-electron chi connectivity index (χ1n) is 6.07. The molecule has 0 aliphatic carbocycles. The van der Waals surface area contributed by atoms with Gasteiger partial charge in [-0.1, -0.05) is 13.8 Å². The van der Waals surface area contributed by atoms with Crippen LogP contribution in [-0.4, -0.2) is 35.3 Å². The van der Waals surface area contributed by atoms with Gasteiger partial charge < -0.3 is 15.2 Å². The lowest BCUT2D eigenvalue weighted by molar-refractivity contribution is 0.0805. The van der Waals surface area contributed by atoms with Crippen LogP contribution < -0.4 is 5.32 Å². The maximum atomic E-state index is 12.0. The molecule has 0 saturated heterocycles. The van der Waals surface area contributed by atoms with E-state index in [1.807, 2.05) is 20.8 Å². The third kappa shape index (κ3) is 4.33. The zero-order valence-electron chi connectivity index (χ0n) is 11.0. The molecule has 1 heterocycles. The minimum absolute atomic E-state index is 0.0199. The number of nitrogens with one attached hydrogen (secondary N) is 1. The number of aromatic hydroxyl groups is 1. The van der Waals surface area contributed by atoms with E-state index in [0.29, 0.717) is 18.8 Å². The van der Waals surface area contributed by atoms with Crippen LogP contribution in [0.4, 0.5) is 0 Å². The second-order valence-electron chi connectivity index (χ2n) is 4.42. The molecule has 2 N–H and O–H groups in total. The van der Waals surface area contributed by atoms with Crippen LogP contribution >= 0.6 is 0 Å². The van der Waals surface area contributed by atoms with Crippen molar-refractivity contribution in [3.63, 3.8) is 0 Å². The summed E-state index contributed by atoms with van der Waals surface area (Å²) in [5.41, 5.74) is 0.345. The number of pyridine rings is 1. The first-order valence-corrected chi connectivity index (χ1v) is 6.07. The molecule has 5 nitrogen and oxygen atoms in total. The van der Waals surface area contributed by atoms with E-state index in [2.05, 4.69) is 10.3 Å².